The Morgan fingerprint density at radius 1 is 1.50 bits per heavy atom. The normalized spacial score (nSPS) is 19.6. The predicted octanol–water partition coefficient (Wildman–Crippen LogP) is 0.0689. The largest absolute Gasteiger partial charge is 0.481 e. The number of amides is 1. The third-order valence-electron chi connectivity index (χ3n) is 3.30. The fourth-order valence-electron chi connectivity index (χ4n) is 1.67. The maximum absolute atomic E-state index is 11.7. The van der Waals surface area contributed by atoms with Crippen molar-refractivity contribution in [2.75, 3.05) is 19.6 Å². The molecule has 5 nitrogen and oxygen atoms in total. The SMILES string of the molecule is CCC(CNC(=O)C(C)C1CNC1)C(=O)O. The van der Waals surface area contributed by atoms with Crippen molar-refractivity contribution in [3.8, 4) is 0 Å². The summed E-state index contributed by atoms with van der Waals surface area (Å²) >= 11 is 0. The summed E-state index contributed by atoms with van der Waals surface area (Å²) < 4.78 is 0. The van der Waals surface area contributed by atoms with E-state index in [0.717, 1.165) is 13.1 Å². The van der Waals surface area contributed by atoms with E-state index in [4.69, 9.17) is 5.11 Å². The third-order valence-corrected chi connectivity index (χ3v) is 3.30. The van der Waals surface area contributed by atoms with E-state index in [2.05, 4.69) is 10.6 Å². The molecule has 1 heterocycles. The van der Waals surface area contributed by atoms with Gasteiger partial charge < -0.3 is 15.7 Å². The summed E-state index contributed by atoms with van der Waals surface area (Å²) in [6, 6.07) is 0. The fraction of sp³-hybridized carbons (Fsp3) is 0.818. The molecule has 16 heavy (non-hydrogen) atoms. The van der Waals surface area contributed by atoms with E-state index in [-0.39, 0.29) is 18.4 Å². The number of rotatable bonds is 6. The maximum Gasteiger partial charge on any atom is 0.308 e. The molecule has 2 unspecified atom stereocenters. The number of carbonyl (C=O) groups excluding carboxylic acids is 1. The van der Waals surface area contributed by atoms with Gasteiger partial charge in [0.2, 0.25) is 5.91 Å². The summed E-state index contributed by atoms with van der Waals surface area (Å²) in [4.78, 5) is 22.4. The fourth-order valence-corrected chi connectivity index (χ4v) is 1.67. The second-order valence-corrected chi connectivity index (χ2v) is 4.40. The first kappa shape index (κ1) is 13.0. The Morgan fingerprint density at radius 2 is 2.12 bits per heavy atom. The summed E-state index contributed by atoms with van der Waals surface area (Å²) in [5.41, 5.74) is 0. The first-order valence-electron chi connectivity index (χ1n) is 5.77. The van der Waals surface area contributed by atoms with Crippen molar-refractivity contribution in [2.45, 2.75) is 20.3 Å². The van der Waals surface area contributed by atoms with Gasteiger partial charge in [0.1, 0.15) is 0 Å². The van der Waals surface area contributed by atoms with Crippen molar-refractivity contribution in [1.29, 1.82) is 0 Å². The maximum atomic E-state index is 11.7. The standard InChI is InChI=1S/C11H20N2O3/c1-3-8(11(15)16)6-13-10(14)7(2)9-4-12-5-9/h7-9,12H,3-6H2,1-2H3,(H,13,14)(H,15,16). The molecule has 1 aliphatic rings. The number of hydrogen-bond donors (Lipinski definition) is 3. The molecule has 0 spiro atoms. The van der Waals surface area contributed by atoms with E-state index in [0.29, 0.717) is 12.3 Å². The molecular formula is C11H20N2O3. The average molecular weight is 228 g/mol. The molecule has 0 aromatic rings. The quantitative estimate of drug-likeness (QED) is 0.601. The minimum Gasteiger partial charge on any atom is -0.481 e. The molecule has 1 rings (SSSR count). The van der Waals surface area contributed by atoms with Crippen molar-refractivity contribution in [1.82, 2.24) is 10.6 Å². The van der Waals surface area contributed by atoms with Crippen molar-refractivity contribution in [3.05, 3.63) is 0 Å². The summed E-state index contributed by atoms with van der Waals surface area (Å²) in [6.45, 7) is 5.69. The van der Waals surface area contributed by atoms with E-state index < -0.39 is 11.9 Å². The lowest BCUT2D eigenvalue weighted by atomic mass is 9.88. The molecule has 0 aromatic heterocycles. The Labute approximate surface area is 95.6 Å². The molecule has 2 atom stereocenters. The van der Waals surface area contributed by atoms with E-state index >= 15 is 0 Å². The molecule has 5 heteroatoms. The van der Waals surface area contributed by atoms with Gasteiger partial charge in [0.25, 0.3) is 0 Å². The summed E-state index contributed by atoms with van der Waals surface area (Å²) in [5, 5.41) is 14.7. The van der Waals surface area contributed by atoms with Crippen LogP contribution in [0.4, 0.5) is 0 Å². The number of hydrogen-bond acceptors (Lipinski definition) is 3. The lowest BCUT2D eigenvalue weighted by molar-refractivity contribution is -0.141. The van der Waals surface area contributed by atoms with Crippen LogP contribution in [0, 0.1) is 17.8 Å². The van der Waals surface area contributed by atoms with Gasteiger partial charge in [-0.05, 0) is 25.4 Å². The van der Waals surface area contributed by atoms with Crippen LogP contribution >= 0.6 is 0 Å². The highest BCUT2D eigenvalue weighted by Gasteiger charge is 2.29. The Hall–Kier alpha value is -1.10. The zero-order chi connectivity index (χ0) is 12.1. The smallest absolute Gasteiger partial charge is 0.308 e. The van der Waals surface area contributed by atoms with E-state index in [1.807, 2.05) is 13.8 Å². The van der Waals surface area contributed by atoms with Gasteiger partial charge in [-0.2, -0.15) is 0 Å². The lowest BCUT2D eigenvalue weighted by Gasteiger charge is -2.31. The van der Waals surface area contributed by atoms with Crippen LogP contribution < -0.4 is 10.6 Å². The zero-order valence-corrected chi connectivity index (χ0v) is 9.82. The molecule has 0 aromatic carbocycles. The third kappa shape index (κ3) is 3.20. The monoisotopic (exact) mass is 228 g/mol. The number of carboxylic acids is 1. The second-order valence-electron chi connectivity index (χ2n) is 4.40. The first-order valence-corrected chi connectivity index (χ1v) is 5.77. The van der Waals surface area contributed by atoms with Crippen LogP contribution in [0.2, 0.25) is 0 Å². The van der Waals surface area contributed by atoms with Gasteiger partial charge in [-0.15, -0.1) is 0 Å². The molecule has 0 saturated carbocycles. The van der Waals surface area contributed by atoms with Gasteiger partial charge in [-0.25, -0.2) is 0 Å². The molecule has 0 bridgehead atoms. The number of aliphatic carboxylic acids is 1. The highest BCUT2D eigenvalue weighted by atomic mass is 16.4. The second kappa shape index (κ2) is 5.84. The van der Waals surface area contributed by atoms with Crippen LogP contribution in [0.15, 0.2) is 0 Å². The van der Waals surface area contributed by atoms with Gasteiger partial charge in [0.15, 0.2) is 0 Å². The van der Waals surface area contributed by atoms with Gasteiger partial charge in [-0.3, -0.25) is 9.59 Å². The van der Waals surface area contributed by atoms with Crippen molar-refractivity contribution in [3.63, 3.8) is 0 Å². The van der Waals surface area contributed by atoms with E-state index in [1.165, 1.54) is 0 Å². The van der Waals surface area contributed by atoms with E-state index in [1.54, 1.807) is 0 Å². The summed E-state index contributed by atoms with van der Waals surface area (Å²) in [7, 11) is 0. The molecular weight excluding hydrogens is 208 g/mol. The van der Waals surface area contributed by atoms with Gasteiger partial charge >= 0.3 is 5.97 Å². The minimum atomic E-state index is -0.847. The molecule has 92 valence electrons. The van der Waals surface area contributed by atoms with Crippen LogP contribution in [-0.2, 0) is 9.59 Å². The zero-order valence-electron chi connectivity index (χ0n) is 9.82. The van der Waals surface area contributed by atoms with E-state index in [9.17, 15) is 9.59 Å². The van der Waals surface area contributed by atoms with Gasteiger partial charge in [0, 0.05) is 12.5 Å². The number of nitrogens with one attached hydrogen (secondary N) is 2. The minimum absolute atomic E-state index is 0.0347. The van der Waals surface area contributed by atoms with Crippen molar-refractivity contribution >= 4 is 11.9 Å². The predicted molar refractivity (Wildman–Crippen MR) is 60.0 cm³/mol. The Morgan fingerprint density at radius 3 is 2.50 bits per heavy atom. The topological polar surface area (TPSA) is 78.4 Å². The molecule has 1 aliphatic heterocycles. The number of carbonyl (C=O) groups is 2. The number of carboxylic acid groups (broad SMARTS) is 1. The van der Waals surface area contributed by atoms with Crippen molar-refractivity contribution < 1.29 is 14.7 Å². The van der Waals surface area contributed by atoms with Crippen LogP contribution in [0.3, 0.4) is 0 Å². The molecule has 3 N–H and O–H groups in total. The Kier molecular flexibility index (Phi) is 4.73. The molecule has 0 aliphatic carbocycles. The van der Waals surface area contributed by atoms with Crippen LogP contribution in [-0.4, -0.2) is 36.6 Å². The molecule has 1 amide bonds. The Balaban J connectivity index is 2.30. The molecule has 1 saturated heterocycles. The van der Waals surface area contributed by atoms with Crippen LogP contribution in [0.5, 0.6) is 0 Å². The Bertz CT molecular complexity index is 264. The van der Waals surface area contributed by atoms with Crippen LogP contribution in [0.1, 0.15) is 20.3 Å². The highest BCUT2D eigenvalue weighted by molar-refractivity contribution is 5.79. The first-order chi connectivity index (χ1) is 7.56. The van der Waals surface area contributed by atoms with Gasteiger partial charge in [0.05, 0.1) is 5.92 Å². The molecule has 1 fully saturated rings. The lowest BCUT2D eigenvalue weighted by Crippen LogP contribution is -2.50. The average Bonchev–Trinajstić information content (AvgIpc) is 2.15. The summed E-state index contributed by atoms with van der Waals surface area (Å²) in [5.74, 6) is -1.000. The van der Waals surface area contributed by atoms with Crippen molar-refractivity contribution in [2.24, 2.45) is 17.8 Å². The van der Waals surface area contributed by atoms with Crippen LogP contribution in [0.25, 0.3) is 0 Å². The summed E-state index contributed by atoms with van der Waals surface area (Å²) in [6.07, 6.45) is 0.537. The van der Waals surface area contributed by atoms with Gasteiger partial charge in [-0.1, -0.05) is 13.8 Å². The molecule has 0 radical (unpaired) electrons. The highest BCUT2D eigenvalue weighted by Crippen LogP contribution is 2.15.